The van der Waals surface area contributed by atoms with E-state index in [9.17, 15) is 9.59 Å². The molecule has 1 heterocycles. The fraction of sp³-hybridized carbons (Fsp3) is 0.500. The number of benzene rings is 1. The highest BCUT2D eigenvalue weighted by atomic mass is 16.6. The Labute approximate surface area is 125 Å². The molecule has 0 bridgehead atoms. The molecule has 1 N–H and O–H groups in total. The quantitative estimate of drug-likeness (QED) is 0.924. The minimum atomic E-state index is -0.307. The van der Waals surface area contributed by atoms with Crippen molar-refractivity contribution in [1.82, 2.24) is 10.2 Å². The molecule has 1 aromatic rings. The summed E-state index contributed by atoms with van der Waals surface area (Å²) in [4.78, 5) is 24.8. The molecule has 1 aliphatic heterocycles. The van der Waals surface area contributed by atoms with Crippen LogP contribution in [-0.4, -0.2) is 43.1 Å². The molecule has 114 valence electrons. The molecule has 5 nitrogen and oxygen atoms in total. The maximum absolute atomic E-state index is 12.0. The number of hydrogen-bond donors (Lipinski definition) is 1. The number of rotatable bonds is 4. The van der Waals surface area contributed by atoms with Gasteiger partial charge in [0.05, 0.1) is 6.54 Å². The summed E-state index contributed by atoms with van der Waals surface area (Å²) in [6.07, 6.45) is -0.307. The number of nitrogens with one attached hydrogen (secondary N) is 1. The van der Waals surface area contributed by atoms with Gasteiger partial charge in [0.1, 0.15) is 6.61 Å². The predicted molar refractivity (Wildman–Crippen MR) is 80.4 cm³/mol. The number of hydrogen-bond acceptors (Lipinski definition) is 3. The Morgan fingerprint density at radius 1 is 1.29 bits per heavy atom. The highest BCUT2D eigenvalue weighted by molar-refractivity contribution is 5.94. The summed E-state index contributed by atoms with van der Waals surface area (Å²) in [7, 11) is 0. The number of nitrogens with zero attached hydrogens (tertiary/aromatic N) is 1. The normalized spacial score (nSPS) is 15.0. The first-order valence-electron chi connectivity index (χ1n) is 7.18. The number of carbonyl (C=O) groups is 2. The summed E-state index contributed by atoms with van der Waals surface area (Å²) in [6, 6.07) is 7.62. The zero-order valence-electron chi connectivity index (χ0n) is 12.8. The van der Waals surface area contributed by atoms with E-state index in [1.165, 1.54) is 5.56 Å². The SMILES string of the molecule is CC(C)(C)c1ccc(C(=O)NCCN2CCOC2=O)cc1. The third kappa shape index (κ3) is 3.97. The van der Waals surface area contributed by atoms with Gasteiger partial charge in [-0.3, -0.25) is 4.79 Å². The van der Waals surface area contributed by atoms with E-state index >= 15 is 0 Å². The summed E-state index contributed by atoms with van der Waals surface area (Å²) in [6.45, 7) is 8.33. The molecule has 0 aromatic heterocycles. The molecule has 0 unspecified atom stereocenters. The first-order valence-corrected chi connectivity index (χ1v) is 7.18. The van der Waals surface area contributed by atoms with Gasteiger partial charge < -0.3 is 15.0 Å². The zero-order valence-corrected chi connectivity index (χ0v) is 12.8. The maximum atomic E-state index is 12.0. The van der Waals surface area contributed by atoms with Gasteiger partial charge in [0, 0.05) is 18.7 Å². The third-order valence-electron chi connectivity index (χ3n) is 3.53. The van der Waals surface area contributed by atoms with Crippen molar-refractivity contribution in [2.24, 2.45) is 0 Å². The summed E-state index contributed by atoms with van der Waals surface area (Å²) < 4.78 is 4.83. The third-order valence-corrected chi connectivity index (χ3v) is 3.53. The molecule has 0 radical (unpaired) electrons. The van der Waals surface area contributed by atoms with Crippen LogP contribution in [-0.2, 0) is 10.2 Å². The number of ether oxygens (including phenoxy) is 1. The number of carbonyl (C=O) groups excluding carboxylic acids is 2. The van der Waals surface area contributed by atoms with Crippen molar-refractivity contribution in [2.45, 2.75) is 26.2 Å². The Kier molecular flexibility index (Phi) is 4.50. The van der Waals surface area contributed by atoms with E-state index < -0.39 is 0 Å². The molecule has 0 atom stereocenters. The van der Waals surface area contributed by atoms with E-state index in [2.05, 4.69) is 26.1 Å². The highest BCUT2D eigenvalue weighted by Crippen LogP contribution is 2.22. The summed E-state index contributed by atoms with van der Waals surface area (Å²) in [5, 5.41) is 2.82. The molecular formula is C16H22N2O3. The van der Waals surface area contributed by atoms with Crippen LogP contribution in [0.2, 0.25) is 0 Å². The molecule has 1 fully saturated rings. The average Bonchev–Trinajstić information content (AvgIpc) is 2.83. The molecular weight excluding hydrogens is 268 g/mol. The zero-order chi connectivity index (χ0) is 15.5. The van der Waals surface area contributed by atoms with E-state index in [0.717, 1.165) is 0 Å². The lowest BCUT2D eigenvalue weighted by atomic mass is 9.87. The van der Waals surface area contributed by atoms with Crippen LogP contribution >= 0.6 is 0 Å². The molecule has 0 aliphatic carbocycles. The highest BCUT2D eigenvalue weighted by Gasteiger charge is 2.21. The lowest BCUT2D eigenvalue weighted by Gasteiger charge is -2.19. The predicted octanol–water partition coefficient (Wildman–Crippen LogP) is 2.17. The van der Waals surface area contributed by atoms with Gasteiger partial charge in [-0.2, -0.15) is 0 Å². The fourth-order valence-electron chi connectivity index (χ4n) is 2.16. The molecule has 1 aliphatic rings. The molecule has 0 spiro atoms. The van der Waals surface area contributed by atoms with Crippen LogP contribution in [0.25, 0.3) is 0 Å². The molecule has 2 rings (SSSR count). The lowest BCUT2D eigenvalue weighted by molar-refractivity contribution is 0.0948. The van der Waals surface area contributed by atoms with Gasteiger partial charge in [-0.05, 0) is 23.1 Å². The first-order chi connectivity index (χ1) is 9.88. The van der Waals surface area contributed by atoms with E-state index in [0.29, 0.717) is 31.8 Å². The van der Waals surface area contributed by atoms with Gasteiger partial charge in [0.2, 0.25) is 0 Å². The van der Waals surface area contributed by atoms with Crippen molar-refractivity contribution >= 4 is 12.0 Å². The Hall–Kier alpha value is -2.04. The minimum Gasteiger partial charge on any atom is -0.448 e. The molecule has 1 saturated heterocycles. The number of cyclic esters (lactones) is 1. The Balaban J connectivity index is 1.84. The largest absolute Gasteiger partial charge is 0.448 e. The van der Waals surface area contributed by atoms with E-state index in [4.69, 9.17) is 4.74 Å². The number of amides is 2. The van der Waals surface area contributed by atoms with Crippen molar-refractivity contribution in [1.29, 1.82) is 0 Å². The Bertz CT molecular complexity index is 517. The second kappa shape index (κ2) is 6.16. The van der Waals surface area contributed by atoms with Crippen LogP contribution in [0.4, 0.5) is 4.79 Å². The second-order valence-electron chi connectivity index (χ2n) is 6.18. The molecule has 0 saturated carbocycles. The van der Waals surface area contributed by atoms with Gasteiger partial charge in [0.25, 0.3) is 5.91 Å². The first kappa shape index (κ1) is 15.4. The van der Waals surface area contributed by atoms with Crippen LogP contribution in [0.15, 0.2) is 24.3 Å². The van der Waals surface area contributed by atoms with Crippen molar-refractivity contribution in [3.05, 3.63) is 35.4 Å². The molecule has 21 heavy (non-hydrogen) atoms. The average molecular weight is 290 g/mol. The van der Waals surface area contributed by atoms with Crippen LogP contribution in [0, 0.1) is 0 Å². The van der Waals surface area contributed by atoms with Crippen LogP contribution in [0.3, 0.4) is 0 Å². The molecule has 2 amide bonds. The Morgan fingerprint density at radius 3 is 2.48 bits per heavy atom. The van der Waals surface area contributed by atoms with Crippen LogP contribution in [0.1, 0.15) is 36.7 Å². The van der Waals surface area contributed by atoms with Gasteiger partial charge >= 0.3 is 6.09 Å². The van der Waals surface area contributed by atoms with Gasteiger partial charge in [0.15, 0.2) is 0 Å². The van der Waals surface area contributed by atoms with E-state index in [1.807, 2.05) is 24.3 Å². The van der Waals surface area contributed by atoms with Gasteiger partial charge in [-0.25, -0.2) is 4.79 Å². The summed E-state index contributed by atoms with van der Waals surface area (Å²) in [5.74, 6) is -0.122. The van der Waals surface area contributed by atoms with E-state index in [1.54, 1.807) is 4.90 Å². The maximum Gasteiger partial charge on any atom is 0.409 e. The van der Waals surface area contributed by atoms with Crippen molar-refractivity contribution < 1.29 is 14.3 Å². The molecule has 1 aromatic carbocycles. The van der Waals surface area contributed by atoms with Crippen LogP contribution < -0.4 is 5.32 Å². The summed E-state index contributed by atoms with van der Waals surface area (Å²) >= 11 is 0. The van der Waals surface area contributed by atoms with E-state index in [-0.39, 0.29) is 17.4 Å². The summed E-state index contributed by atoms with van der Waals surface area (Å²) in [5.41, 5.74) is 1.90. The standard InChI is InChI=1S/C16H22N2O3/c1-16(2,3)13-6-4-12(5-7-13)14(19)17-8-9-18-10-11-21-15(18)20/h4-7H,8-11H2,1-3H3,(H,17,19). The fourth-order valence-corrected chi connectivity index (χ4v) is 2.16. The smallest absolute Gasteiger partial charge is 0.409 e. The van der Waals surface area contributed by atoms with Crippen molar-refractivity contribution in [2.75, 3.05) is 26.2 Å². The van der Waals surface area contributed by atoms with Crippen molar-refractivity contribution in [3.8, 4) is 0 Å². The molecule has 5 heteroatoms. The minimum absolute atomic E-state index is 0.0745. The van der Waals surface area contributed by atoms with Crippen LogP contribution in [0.5, 0.6) is 0 Å². The van der Waals surface area contributed by atoms with Gasteiger partial charge in [-0.15, -0.1) is 0 Å². The monoisotopic (exact) mass is 290 g/mol. The van der Waals surface area contributed by atoms with Gasteiger partial charge in [-0.1, -0.05) is 32.9 Å². The topological polar surface area (TPSA) is 58.6 Å². The second-order valence-corrected chi connectivity index (χ2v) is 6.18. The lowest BCUT2D eigenvalue weighted by Crippen LogP contribution is -2.35. The van der Waals surface area contributed by atoms with Crippen molar-refractivity contribution in [3.63, 3.8) is 0 Å². The Morgan fingerprint density at radius 2 is 1.95 bits per heavy atom.